The topological polar surface area (TPSA) is 115 Å². The van der Waals surface area contributed by atoms with Crippen molar-refractivity contribution in [1.82, 2.24) is 4.98 Å². The Kier molecular flexibility index (Phi) is 5.06. The average molecular weight is 341 g/mol. The number of carboxylic acids is 1. The van der Waals surface area contributed by atoms with Crippen LogP contribution in [0.5, 0.6) is 0 Å². The lowest BCUT2D eigenvalue weighted by Gasteiger charge is -2.16. The smallest absolute Gasteiger partial charge is 0.320 e. The van der Waals surface area contributed by atoms with E-state index in [1.165, 1.54) is 0 Å². The molecular formula is C18H19N3O4. The van der Waals surface area contributed by atoms with E-state index < -0.39 is 12.0 Å². The van der Waals surface area contributed by atoms with Gasteiger partial charge >= 0.3 is 5.97 Å². The van der Waals surface area contributed by atoms with Gasteiger partial charge in [-0.05, 0) is 30.2 Å². The third-order valence-corrected chi connectivity index (χ3v) is 4.05. The van der Waals surface area contributed by atoms with Crippen LogP contribution in [-0.2, 0) is 29.0 Å². The highest BCUT2D eigenvalue weighted by Crippen LogP contribution is 2.17. The minimum Gasteiger partial charge on any atom is -0.480 e. The molecule has 0 bridgehead atoms. The number of carboxylic acid groups (broad SMARTS) is 1. The van der Waals surface area contributed by atoms with Crippen molar-refractivity contribution in [2.75, 3.05) is 11.9 Å². The van der Waals surface area contributed by atoms with E-state index in [9.17, 15) is 9.59 Å². The second-order valence-corrected chi connectivity index (χ2v) is 5.93. The lowest BCUT2D eigenvalue weighted by Crippen LogP contribution is -2.32. The molecule has 7 nitrogen and oxygen atoms in total. The van der Waals surface area contributed by atoms with Crippen LogP contribution in [0.15, 0.2) is 36.5 Å². The standard InChI is InChI=1S/C18H19N3O4/c19-15(18(23)24)7-11-1-3-14(4-2-11)21-17(22)12-8-13-10-25-6-5-16(13)20-9-12/h1-4,8-9,15H,5-7,10,19H2,(H,21,22)(H,23,24)/t15-/m0/s1. The maximum Gasteiger partial charge on any atom is 0.320 e. The number of hydrogen-bond acceptors (Lipinski definition) is 5. The Morgan fingerprint density at radius 2 is 2.08 bits per heavy atom. The van der Waals surface area contributed by atoms with E-state index in [0.29, 0.717) is 24.5 Å². The van der Waals surface area contributed by atoms with Crippen LogP contribution in [0.2, 0.25) is 0 Å². The molecule has 0 aliphatic carbocycles. The van der Waals surface area contributed by atoms with Gasteiger partial charge in [0, 0.05) is 29.6 Å². The van der Waals surface area contributed by atoms with Crippen LogP contribution in [0.1, 0.15) is 27.2 Å². The number of nitrogens with two attached hydrogens (primary N) is 1. The predicted molar refractivity (Wildman–Crippen MR) is 91.3 cm³/mol. The molecule has 1 aromatic heterocycles. The molecule has 0 fully saturated rings. The number of aromatic nitrogens is 1. The fraction of sp³-hybridized carbons (Fsp3) is 0.278. The van der Waals surface area contributed by atoms with Gasteiger partial charge in [0.25, 0.3) is 5.91 Å². The molecule has 2 heterocycles. The van der Waals surface area contributed by atoms with E-state index in [1.54, 1.807) is 36.5 Å². The van der Waals surface area contributed by atoms with Crippen LogP contribution >= 0.6 is 0 Å². The minimum atomic E-state index is -1.04. The molecular weight excluding hydrogens is 322 g/mol. The first-order valence-corrected chi connectivity index (χ1v) is 7.97. The maximum atomic E-state index is 12.4. The minimum absolute atomic E-state index is 0.234. The molecule has 130 valence electrons. The normalized spacial score (nSPS) is 14.4. The fourth-order valence-corrected chi connectivity index (χ4v) is 2.63. The Morgan fingerprint density at radius 3 is 2.80 bits per heavy atom. The molecule has 1 aliphatic rings. The molecule has 1 amide bonds. The number of anilines is 1. The van der Waals surface area contributed by atoms with E-state index in [4.69, 9.17) is 15.6 Å². The van der Waals surface area contributed by atoms with Crippen molar-refractivity contribution in [2.24, 2.45) is 5.73 Å². The zero-order valence-corrected chi connectivity index (χ0v) is 13.6. The van der Waals surface area contributed by atoms with Gasteiger partial charge in [0.2, 0.25) is 0 Å². The summed E-state index contributed by atoms with van der Waals surface area (Å²) in [5, 5.41) is 11.6. The molecule has 4 N–H and O–H groups in total. The Hall–Kier alpha value is -2.77. The quantitative estimate of drug-likeness (QED) is 0.756. The molecule has 3 rings (SSSR count). The summed E-state index contributed by atoms with van der Waals surface area (Å²) in [4.78, 5) is 27.5. The third-order valence-electron chi connectivity index (χ3n) is 4.05. The number of benzene rings is 1. The average Bonchev–Trinajstić information content (AvgIpc) is 2.62. The molecule has 0 spiro atoms. The summed E-state index contributed by atoms with van der Waals surface area (Å²) in [6.07, 6.45) is 2.56. The highest BCUT2D eigenvalue weighted by Gasteiger charge is 2.15. The van der Waals surface area contributed by atoms with Gasteiger partial charge in [-0.2, -0.15) is 0 Å². The summed E-state index contributed by atoms with van der Waals surface area (Å²) >= 11 is 0. The summed E-state index contributed by atoms with van der Waals surface area (Å²) in [6, 6.07) is 7.79. The van der Waals surface area contributed by atoms with E-state index in [0.717, 1.165) is 23.2 Å². The van der Waals surface area contributed by atoms with Crippen LogP contribution in [0.25, 0.3) is 0 Å². The second-order valence-electron chi connectivity index (χ2n) is 5.93. The first kappa shape index (κ1) is 17.1. The number of ether oxygens (including phenoxy) is 1. The summed E-state index contributed by atoms with van der Waals surface area (Å²) in [5.74, 6) is -1.29. The monoisotopic (exact) mass is 341 g/mol. The van der Waals surface area contributed by atoms with Gasteiger partial charge in [-0.15, -0.1) is 0 Å². The molecule has 7 heteroatoms. The Balaban J connectivity index is 1.65. The van der Waals surface area contributed by atoms with Gasteiger partial charge in [0.1, 0.15) is 6.04 Å². The number of rotatable bonds is 5. The number of carbonyl (C=O) groups is 2. The molecule has 0 radical (unpaired) electrons. The predicted octanol–water partition coefficient (Wildman–Crippen LogP) is 1.36. The molecule has 1 aromatic carbocycles. The van der Waals surface area contributed by atoms with Gasteiger partial charge < -0.3 is 20.9 Å². The zero-order chi connectivity index (χ0) is 17.8. The SMILES string of the molecule is N[C@@H](Cc1ccc(NC(=O)c2cnc3c(c2)COCC3)cc1)C(=O)O. The van der Waals surface area contributed by atoms with Crippen LogP contribution in [0.3, 0.4) is 0 Å². The molecule has 25 heavy (non-hydrogen) atoms. The highest BCUT2D eigenvalue weighted by molar-refractivity contribution is 6.04. The lowest BCUT2D eigenvalue weighted by atomic mass is 10.1. The van der Waals surface area contributed by atoms with Crippen LogP contribution in [0.4, 0.5) is 5.69 Å². The van der Waals surface area contributed by atoms with E-state index >= 15 is 0 Å². The number of nitrogens with one attached hydrogen (secondary N) is 1. The number of aliphatic carboxylic acids is 1. The number of fused-ring (bicyclic) bond motifs is 1. The van der Waals surface area contributed by atoms with Crippen molar-refractivity contribution >= 4 is 17.6 Å². The lowest BCUT2D eigenvalue weighted by molar-refractivity contribution is -0.138. The molecule has 0 saturated carbocycles. The summed E-state index contributed by atoms with van der Waals surface area (Å²) in [6.45, 7) is 1.13. The fourth-order valence-electron chi connectivity index (χ4n) is 2.63. The molecule has 1 atom stereocenters. The van der Waals surface area contributed by atoms with E-state index in [-0.39, 0.29) is 12.3 Å². The van der Waals surface area contributed by atoms with Crippen molar-refractivity contribution in [3.05, 3.63) is 58.9 Å². The first-order chi connectivity index (χ1) is 12.0. The van der Waals surface area contributed by atoms with Gasteiger partial charge in [-0.3, -0.25) is 14.6 Å². The van der Waals surface area contributed by atoms with Crippen molar-refractivity contribution < 1.29 is 19.4 Å². The van der Waals surface area contributed by atoms with Crippen LogP contribution in [0, 0.1) is 0 Å². The van der Waals surface area contributed by atoms with Crippen molar-refractivity contribution in [3.8, 4) is 0 Å². The number of amides is 1. The van der Waals surface area contributed by atoms with Crippen molar-refractivity contribution in [3.63, 3.8) is 0 Å². The highest BCUT2D eigenvalue weighted by atomic mass is 16.5. The van der Waals surface area contributed by atoms with Gasteiger partial charge in [-0.25, -0.2) is 0 Å². The van der Waals surface area contributed by atoms with Crippen LogP contribution in [-0.4, -0.2) is 34.6 Å². The molecule has 0 saturated heterocycles. The largest absolute Gasteiger partial charge is 0.480 e. The molecule has 2 aromatic rings. The molecule has 0 unspecified atom stereocenters. The summed E-state index contributed by atoms with van der Waals surface area (Å²) in [5.41, 5.74) is 9.31. The van der Waals surface area contributed by atoms with Crippen molar-refractivity contribution in [1.29, 1.82) is 0 Å². The Morgan fingerprint density at radius 1 is 1.32 bits per heavy atom. The van der Waals surface area contributed by atoms with Gasteiger partial charge in [0.05, 0.1) is 18.8 Å². The first-order valence-electron chi connectivity index (χ1n) is 7.97. The zero-order valence-electron chi connectivity index (χ0n) is 13.6. The van der Waals surface area contributed by atoms with Crippen LogP contribution < -0.4 is 11.1 Å². The number of nitrogens with zero attached hydrogens (tertiary/aromatic N) is 1. The number of hydrogen-bond donors (Lipinski definition) is 3. The maximum absolute atomic E-state index is 12.4. The van der Waals surface area contributed by atoms with Gasteiger partial charge in [0.15, 0.2) is 0 Å². The van der Waals surface area contributed by atoms with E-state index in [2.05, 4.69) is 10.3 Å². The second kappa shape index (κ2) is 7.42. The summed E-state index contributed by atoms with van der Waals surface area (Å²) in [7, 11) is 0. The number of pyridine rings is 1. The Bertz CT molecular complexity index is 789. The number of carbonyl (C=O) groups excluding carboxylic acids is 1. The Labute approximate surface area is 144 Å². The van der Waals surface area contributed by atoms with Gasteiger partial charge in [-0.1, -0.05) is 12.1 Å². The molecule has 1 aliphatic heterocycles. The van der Waals surface area contributed by atoms with E-state index in [1.807, 2.05) is 0 Å². The van der Waals surface area contributed by atoms with Crippen molar-refractivity contribution in [2.45, 2.75) is 25.5 Å². The third kappa shape index (κ3) is 4.20. The summed E-state index contributed by atoms with van der Waals surface area (Å²) < 4.78 is 5.39.